The lowest BCUT2D eigenvalue weighted by molar-refractivity contribution is 0.332. The molecule has 1 atom stereocenters. The van der Waals surface area contributed by atoms with Crippen molar-refractivity contribution in [2.75, 3.05) is 19.6 Å². The molecule has 1 unspecified atom stereocenters. The molecule has 0 saturated heterocycles. The molecule has 84 valence electrons. The van der Waals surface area contributed by atoms with Gasteiger partial charge in [-0.25, -0.2) is 0 Å². The van der Waals surface area contributed by atoms with Gasteiger partial charge in [-0.2, -0.15) is 0 Å². The minimum absolute atomic E-state index is 0.445. The van der Waals surface area contributed by atoms with Crippen molar-refractivity contribution in [2.24, 2.45) is 5.92 Å². The van der Waals surface area contributed by atoms with Crippen LogP contribution in [0.1, 0.15) is 46.5 Å². The van der Waals surface area contributed by atoms with E-state index in [4.69, 9.17) is 0 Å². The van der Waals surface area contributed by atoms with Crippen molar-refractivity contribution in [1.29, 1.82) is 0 Å². The Morgan fingerprint density at radius 3 is 2.43 bits per heavy atom. The predicted octanol–water partition coefficient (Wildman–Crippen LogP) is 2.15. The van der Waals surface area contributed by atoms with Crippen molar-refractivity contribution in [2.45, 2.75) is 52.0 Å². The quantitative estimate of drug-likeness (QED) is 0.683. The molecule has 0 bridgehead atoms. The highest BCUT2D eigenvalue weighted by atomic mass is 15.0. The molecule has 1 aliphatic rings. The summed E-state index contributed by atoms with van der Waals surface area (Å²) < 4.78 is 0. The number of nitrogens with one attached hydrogen (secondary N) is 2. The molecular formula is C12H26N2. The van der Waals surface area contributed by atoms with Crippen LogP contribution in [0.5, 0.6) is 0 Å². The average molecular weight is 198 g/mol. The molecule has 14 heavy (non-hydrogen) atoms. The van der Waals surface area contributed by atoms with Gasteiger partial charge >= 0.3 is 0 Å². The molecule has 0 heterocycles. The van der Waals surface area contributed by atoms with Crippen molar-refractivity contribution in [3.8, 4) is 0 Å². The van der Waals surface area contributed by atoms with Gasteiger partial charge in [-0.3, -0.25) is 0 Å². The van der Waals surface area contributed by atoms with Crippen molar-refractivity contribution in [1.82, 2.24) is 10.6 Å². The first-order valence-electron chi connectivity index (χ1n) is 6.12. The average Bonchev–Trinajstić information content (AvgIpc) is 2.60. The zero-order valence-electron chi connectivity index (χ0n) is 10.0. The zero-order valence-corrected chi connectivity index (χ0v) is 10.0. The maximum Gasteiger partial charge on any atom is 0.0153 e. The molecule has 1 saturated carbocycles. The third kappa shape index (κ3) is 3.97. The highest BCUT2D eigenvalue weighted by Crippen LogP contribution is 2.28. The Balaban J connectivity index is 2.12. The molecular weight excluding hydrogens is 172 g/mol. The number of hydrogen-bond acceptors (Lipinski definition) is 2. The molecule has 0 aromatic carbocycles. The van der Waals surface area contributed by atoms with Crippen LogP contribution < -0.4 is 10.6 Å². The van der Waals surface area contributed by atoms with Crippen LogP contribution in [0.25, 0.3) is 0 Å². The minimum atomic E-state index is 0.445. The molecule has 0 aromatic heterocycles. The van der Waals surface area contributed by atoms with Crippen LogP contribution in [-0.2, 0) is 0 Å². The summed E-state index contributed by atoms with van der Waals surface area (Å²) in [6.07, 6.45) is 5.54. The van der Waals surface area contributed by atoms with E-state index >= 15 is 0 Å². The SMILES string of the molecule is CCNCC(C)CNC1(C)CCCC1. The molecule has 0 aliphatic heterocycles. The van der Waals surface area contributed by atoms with Gasteiger partial charge < -0.3 is 10.6 Å². The Bertz CT molecular complexity index is 150. The van der Waals surface area contributed by atoms with E-state index < -0.39 is 0 Å². The molecule has 0 amide bonds. The van der Waals surface area contributed by atoms with Gasteiger partial charge in [0.1, 0.15) is 0 Å². The molecule has 2 heteroatoms. The Hall–Kier alpha value is -0.0800. The van der Waals surface area contributed by atoms with Crippen molar-refractivity contribution < 1.29 is 0 Å². The Morgan fingerprint density at radius 1 is 1.21 bits per heavy atom. The van der Waals surface area contributed by atoms with Gasteiger partial charge in [-0.05, 0) is 45.3 Å². The van der Waals surface area contributed by atoms with Crippen LogP contribution in [0.2, 0.25) is 0 Å². The van der Waals surface area contributed by atoms with Crippen molar-refractivity contribution >= 4 is 0 Å². The molecule has 2 N–H and O–H groups in total. The van der Waals surface area contributed by atoms with Gasteiger partial charge in [0.2, 0.25) is 0 Å². The fourth-order valence-corrected chi connectivity index (χ4v) is 2.22. The van der Waals surface area contributed by atoms with E-state index in [1.54, 1.807) is 0 Å². The van der Waals surface area contributed by atoms with Gasteiger partial charge in [-0.15, -0.1) is 0 Å². The van der Waals surface area contributed by atoms with Crippen LogP contribution in [0.4, 0.5) is 0 Å². The van der Waals surface area contributed by atoms with Gasteiger partial charge in [0.15, 0.2) is 0 Å². The van der Waals surface area contributed by atoms with Gasteiger partial charge in [0.05, 0.1) is 0 Å². The second-order valence-corrected chi connectivity index (χ2v) is 5.06. The normalized spacial score (nSPS) is 22.5. The first-order valence-corrected chi connectivity index (χ1v) is 6.12. The van der Waals surface area contributed by atoms with E-state index in [1.807, 2.05) is 0 Å². The number of rotatable bonds is 6. The lowest BCUT2D eigenvalue weighted by Gasteiger charge is -2.27. The lowest BCUT2D eigenvalue weighted by atomic mass is 9.99. The van der Waals surface area contributed by atoms with E-state index in [0.717, 1.165) is 25.6 Å². The predicted molar refractivity (Wildman–Crippen MR) is 62.6 cm³/mol. The summed E-state index contributed by atoms with van der Waals surface area (Å²) in [6.45, 7) is 10.2. The standard InChI is InChI=1S/C12H26N2/c1-4-13-9-11(2)10-14-12(3)7-5-6-8-12/h11,13-14H,4-10H2,1-3H3. The molecule has 1 rings (SSSR count). The summed E-state index contributed by atoms with van der Waals surface area (Å²) in [4.78, 5) is 0. The van der Waals surface area contributed by atoms with Crippen LogP contribution in [0.15, 0.2) is 0 Å². The van der Waals surface area contributed by atoms with E-state index in [1.165, 1.54) is 25.7 Å². The summed E-state index contributed by atoms with van der Waals surface area (Å²) in [5, 5.41) is 7.12. The van der Waals surface area contributed by atoms with Crippen LogP contribution in [0.3, 0.4) is 0 Å². The molecule has 0 radical (unpaired) electrons. The Morgan fingerprint density at radius 2 is 1.86 bits per heavy atom. The second kappa shape index (κ2) is 5.72. The maximum atomic E-state index is 3.73. The first-order chi connectivity index (χ1) is 6.66. The van der Waals surface area contributed by atoms with Gasteiger partial charge in [0.25, 0.3) is 0 Å². The monoisotopic (exact) mass is 198 g/mol. The van der Waals surface area contributed by atoms with Crippen LogP contribution >= 0.6 is 0 Å². The molecule has 0 aromatic rings. The Labute approximate surface area is 88.8 Å². The zero-order chi connectivity index (χ0) is 10.4. The van der Waals surface area contributed by atoms with E-state index in [2.05, 4.69) is 31.4 Å². The summed E-state index contributed by atoms with van der Waals surface area (Å²) in [5.41, 5.74) is 0.445. The Kier molecular flexibility index (Phi) is 4.90. The van der Waals surface area contributed by atoms with E-state index in [-0.39, 0.29) is 0 Å². The third-order valence-corrected chi connectivity index (χ3v) is 3.33. The summed E-state index contributed by atoms with van der Waals surface area (Å²) in [5.74, 6) is 0.743. The van der Waals surface area contributed by atoms with Crippen molar-refractivity contribution in [3.05, 3.63) is 0 Å². The fraction of sp³-hybridized carbons (Fsp3) is 1.00. The summed E-state index contributed by atoms with van der Waals surface area (Å²) >= 11 is 0. The third-order valence-electron chi connectivity index (χ3n) is 3.33. The lowest BCUT2D eigenvalue weighted by Crippen LogP contribution is -2.43. The molecule has 1 aliphatic carbocycles. The first kappa shape index (κ1) is 12.0. The van der Waals surface area contributed by atoms with E-state index in [9.17, 15) is 0 Å². The largest absolute Gasteiger partial charge is 0.317 e. The number of hydrogen-bond donors (Lipinski definition) is 2. The minimum Gasteiger partial charge on any atom is -0.317 e. The van der Waals surface area contributed by atoms with Crippen LogP contribution in [0, 0.1) is 5.92 Å². The highest BCUT2D eigenvalue weighted by Gasteiger charge is 2.27. The smallest absolute Gasteiger partial charge is 0.0153 e. The van der Waals surface area contributed by atoms with E-state index in [0.29, 0.717) is 5.54 Å². The molecule has 1 fully saturated rings. The molecule has 2 nitrogen and oxygen atoms in total. The highest BCUT2D eigenvalue weighted by molar-refractivity contribution is 4.88. The topological polar surface area (TPSA) is 24.1 Å². The van der Waals surface area contributed by atoms with Crippen LogP contribution in [-0.4, -0.2) is 25.2 Å². The maximum absolute atomic E-state index is 3.73. The van der Waals surface area contributed by atoms with Gasteiger partial charge in [-0.1, -0.05) is 26.7 Å². The summed E-state index contributed by atoms with van der Waals surface area (Å²) in [6, 6.07) is 0. The fourth-order valence-electron chi connectivity index (χ4n) is 2.22. The second-order valence-electron chi connectivity index (χ2n) is 5.06. The van der Waals surface area contributed by atoms with Crippen molar-refractivity contribution in [3.63, 3.8) is 0 Å². The molecule has 0 spiro atoms. The summed E-state index contributed by atoms with van der Waals surface area (Å²) in [7, 11) is 0. The van der Waals surface area contributed by atoms with Gasteiger partial charge in [0, 0.05) is 5.54 Å².